The van der Waals surface area contributed by atoms with E-state index in [2.05, 4.69) is 44.7 Å². The molecule has 5 unspecified atom stereocenters. The van der Waals surface area contributed by atoms with Crippen LogP contribution in [0.3, 0.4) is 0 Å². The van der Waals surface area contributed by atoms with E-state index in [1.54, 1.807) is 12.1 Å². The van der Waals surface area contributed by atoms with Crippen LogP contribution in [0, 0.1) is 11.3 Å². The molecule has 0 fully saturated rings. The predicted molar refractivity (Wildman–Crippen MR) is 119 cm³/mol. The van der Waals surface area contributed by atoms with Crippen LogP contribution in [0.4, 0.5) is 0 Å². The maximum atomic E-state index is 9.80. The van der Waals surface area contributed by atoms with E-state index in [1.165, 1.54) is 5.56 Å². The zero-order valence-corrected chi connectivity index (χ0v) is 17.8. The predicted octanol–water partition coefficient (Wildman–Crippen LogP) is 6.68. The largest absolute Gasteiger partial charge is 0.508 e. The summed E-state index contributed by atoms with van der Waals surface area (Å²) in [7, 11) is 0. The van der Waals surface area contributed by atoms with Crippen LogP contribution in [-0.4, -0.2) is 11.1 Å². The second-order valence-corrected chi connectivity index (χ2v) is 8.57. The number of allylic oxidation sites excluding steroid dienone is 3. The minimum atomic E-state index is -0.196. The van der Waals surface area contributed by atoms with E-state index in [0.717, 1.165) is 12.0 Å². The molecule has 2 aromatic carbocycles. The average Bonchev–Trinajstić information content (AvgIpc) is 2.67. The maximum Gasteiger partial charge on any atom is 0.117 e. The molecule has 28 heavy (non-hydrogen) atoms. The Morgan fingerprint density at radius 1 is 1.21 bits per heavy atom. The zero-order chi connectivity index (χ0) is 20.5. The van der Waals surface area contributed by atoms with Gasteiger partial charge in [-0.15, -0.1) is 6.58 Å². The Hall–Kier alpha value is -1.74. The first-order chi connectivity index (χ1) is 13.3. The molecular formula is C24H27Cl2NO. The smallest absolute Gasteiger partial charge is 0.117 e. The summed E-state index contributed by atoms with van der Waals surface area (Å²) in [5.41, 5.74) is 8.53. The third-order valence-electron chi connectivity index (χ3n) is 6.17. The van der Waals surface area contributed by atoms with Gasteiger partial charge < -0.3 is 10.8 Å². The summed E-state index contributed by atoms with van der Waals surface area (Å²) in [5, 5.41) is 11.1. The molecule has 0 saturated carbocycles. The normalized spacial score (nSPS) is 28.1. The molecule has 0 radical (unpaired) electrons. The highest BCUT2D eigenvalue weighted by Crippen LogP contribution is 2.55. The molecule has 1 aliphatic rings. The Labute approximate surface area is 177 Å². The lowest BCUT2D eigenvalue weighted by Crippen LogP contribution is -2.46. The Bertz CT molecular complexity index is 875. The standard InChI is InChI=1S/C24H27Cl2NO/c1-4-24(5-2)13-12-20(19-11-10-18(28)14-21(19)26)22(23(24)15(3)27)16-6-8-17(25)9-7-16/h4,6-15,20,22-23,28H,1,5,27H2,2-3H3. The lowest BCUT2D eigenvalue weighted by atomic mass is 9.56. The molecule has 0 spiro atoms. The van der Waals surface area contributed by atoms with Gasteiger partial charge in [-0.3, -0.25) is 0 Å². The monoisotopic (exact) mass is 415 g/mol. The molecule has 0 heterocycles. The highest BCUT2D eigenvalue weighted by Gasteiger charge is 2.46. The molecule has 2 nitrogen and oxygen atoms in total. The van der Waals surface area contributed by atoms with Crippen molar-refractivity contribution in [1.82, 2.24) is 0 Å². The molecule has 5 atom stereocenters. The molecule has 4 heteroatoms. The van der Waals surface area contributed by atoms with Crippen LogP contribution in [0.5, 0.6) is 5.75 Å². The quantitative estimate of drug-likeness (QED) is 0.534. The van der Waals surface area contributed by atoms with E-state index in [4.69, 9.17) is 28.9 Å². The highest BCUT2D eigenvalue weighted by atomic mass is 35.5. The Kier molecular flexibility index (Phi) is 6.24. The van der Waals surface area contributed by atoms with Gasteiger partial charge in [0, 0.05) is 27.4 Å². The SMILES string of the molecule is C=CC1(CC)C=CC(c2ccc(O)cc2Cl)C(c2ccc(Cl)cc2)C1C(C)N. The topological polar surface area (TPSA) is 46.2 Å². The average molecular weight is 416 g/mol. The van der Waals surface area contributed by atoms with Crippen molar-refractivity contribution in [2.24, 2.45) is 17.1 Å². The van der Waals surface area contributed by atoms with Crippen molar-refractivity contribution < 1.29 is 5.11 Å². The van der Waals surface area contributed by atoms with E-state index < -0.39 is 0 Å². The molecule has 2 aromatic rings. The van der Waals surface area contributed by atoms with Gasteiger partial charge >= 0.3 is 0 Å². The number of hydrogen-bond acceptors (Lipinski definition) is 2. The summed E-state index contributed by atoms with van der Waals surface area (Å²) in [6, 6.07) is 13.1. The van der Waals surface area contributed by atoms with Gasteiger partial charge in [0.2, 0.25) is 0 Å². The van der Waals surface area contributed by atoms with Crippen LogP contribution < -0.4 is 5.73 Å². The van der Waals surface area contributed by atoms with Gasteiger partial charge in [-0.1, -0.05) is 66.6 Å². The summed E-state index contributed by atoms with van der Waals surface area (Å²) in [5.74, 6) is 0.428. The molecule has 3 N–H and O–H groups in total. The third kappa shape index (κ3) is 3.74. The van der Waals surface area contributed by atoms with Crippen molar-refractivity contribution in [3.8, 4) is 5.75 Å². The van der Waals surface area contributed by atoms with E-state index in [-0.39, 0.29) is 35.0 Å². The van der Waals surface area contributed by atoms with Gasteiger partial charge in [0.25, 0.3) is 0 Å². The van der Waals surface area contributed by atoms with Gasteiger partial charge in [0.15, 0.2) is 0 Å². The number of phenols is 1. The number of phenolic OH excluding ortho intramolecular Hbond substituents is 1. The first kappa shape index (κ1) is 21.0. The highest BCUT2D eigenvalue weighted by molar-refractivity contribution is 6.31. The van der Waals surface area contributed by atoms with E-state index in [9.17, 15) is 5.11 Å². The van der Waals surface area contributed by atoms with Crippen molar-refractivity contribution in [1.29, 1.82) is 0 Å². The lowest BCUT2D eigenvalue weighted by Gasteiger charge is -2.49. The summed E-state index contributed by atoms with van der Waals surface area (Å²) in [6.07, 6.45) is 7.42. The molecule has 1 aliphatic carbocycles. The molecule has 0 saturated heterocycles. The molecule has 0 aliphatic heterocycles. The van der Waals surface area contributed by atoms with Crippen molar-refractivity contribution >= 4 is 23.2 Å². The third-order valence-corrected chi connectivity index (χ3v) is 6.74. The minimum Gasteiger partial charge on any atom is -0.508 e. The van der Waals surface area contributed by atoms with Gasteiger partial charge in [-0.2, -0.15) is 0 Å². The molecular weight excluding hydrogens is 389 g/mol. The fourth-order valence-electron chi connectivity index (χ4n) is 4.77. The first-order valence-corrected chi connectivity index (χ1v) is 10.4. The van der Waals surface area contributed by atoms with Crippen molar-refractivity contribution in [3.63, 3.8) is 0 Å². The number of aromatic hydroxyl groups is 1. The minimum absolute atomic E-state index is 0.0323. The summed E-state index contributed by atoms with van der Waals surface area (Å²) < 4.78 is 0. The van der Waals surface area contributed by atoms with Crippen LogP contribution >= 0.6 is 23.2 Å². The summed E-state index contributed by atoms with van der Waals surface area (Å²) in [4.78, 5) is 0. The molecule has 0 amide bonds. The number of benzene rings is 2. The van der Waals surface area contributed by atoms with E-state index in [0.29, 0.717) is 10.0 Å². The Balaban J connectivity index is 2.24. The molecule has 148 valence electrons. The van der Waals surface area contributed by atoms with Crippen molar-refractivity contribution in [2.75, 3.05) is 0 Å². The fraction of sp³-hybridized carbons (Fsp3) is 0.333. The number of nitrogens with two attached hydrogens (primary N) is 1. The number of halogens is 2. The van der Waals surface area contributed by atoms with Gasteiger partial charge in [-0.25, -0.2) is 0 Å². The summed E-state index contributed by atoms with van der Waals surface area (Å²) in [6.45, 7) is 8.38. The van der Waals surface area contributed by atoms with Gasteiger partial charge in [-0.05, 0) is 60.6 Å². The Morgan fingerprint density at radius 3 is 2.43 bits per heavy atom. The second kappa shape index (κ2) is 8.32. The van der Waals surface area contributed by atoms with Crippen LogP contribution in [0.1, 0.15) is 43.2 Å². The van der Waals surface area contributed by atoms with E-state index in [1.807, 2.05) is 24.3 Å². The van der Waals surface area contributed by atoms with Crippen LogP contribution in [-0.2, 0) is 0 Å². The Morgan fingerprint density at radius 2 is 1.89 bits per heavy atom. The van der Waals surface area contributed by atoms with E-state index >= 15 is 0 Å². The first-order valence-electron chi connectivity index (χ1n) is 9.65. The number of rotatable bonds is 5. The molecule has 0 aromatic heterocycles. The second-order valence-electron chi connectivity index (χ2n) is 7.72. The number of hydrogen-bond donors (Lipinski definition) is 2. The fourth-order valence-corrected chi connectivity index (χ4v) is 5.20. The van der Waals surface area contributed by atoms with Crippen LogP contribution in [0.25, 0.3) is 0 Å². The van der Waals surface area contributed by atoms with Crippen LogP contribution in [0.2, 0.25) is 10.0 Å². The van der Waals surface area contributed by atoms with Crippen molar-refractivity contribution in [3.05, 3.63) is 88.4 Å². The van der Waals surface area contributed by atoms with Crippen molar-refractivity contribution in [2.45, 2.75) is 38.1 Å². The lowest BCUT2D eigenvalue weighted by molar-refractivity contribution is 0.183. The van der Waals surface area contributed by atoms with Crippen LogP contribution in [0.15, 0.2) is 67.3 Å². The molecule has 0 bridgehead atoms. The molecule has 3 rings (SSSR count). The zero-order valence-electron chi connectivity index (χ0n) is 16.3. The van der Waals surface area contributed by atoms with Gasteiger partial charge in [0.1, 0.15) is 5.75 Å². The summed E-state index contributed by atoms with van der Waals surface area (Å²) >= 11 is 12.7. The van der Waals surface area contributed by atoms with Gasteiger partial charge in [0.05, 0.1) is 0 Å². The maximum absolute atomic E-state index is 9.80.